The van der Waals surface area contributed by atoms with E-state index in [9.17, 15) is 9.18 Å². The van der Waals surface area contributed by atoms with E-state index in [2.05, 4.69) is 20.5 Å². The van der Waals surface area contributed by atoms with Crippen molar-refractivity contribution in [3.8, 4) is 5.75 Å². The van der Waals surface area contributed by atoms with Gasteiger partial charge in [0.15, 0.2) is 5.16 Å². The zero-order valence-corrected chi connectivity index (χ0v) is 17.4. The molecule has 154 valence electrons. The van der Waals surface area contributed by atoms with Gasteiger partial charge < -0.3 is 4.74 Å². The molecule has 0 spiro atoms. The van der Waals surface area contributed by atoms with Gasteiger partial charge in [0.1, 0.15) is 18.2 Å². The van der Waals surface area contributed by atoms with Gasteiger partial charge in [-0.05, 0) is 49.7 Å². The lowest BCUT2D eigenvalue weighted by Crippen LogP contribution is -2.20. The summed E-state index contributed by atoms with van der Waals surface area (Å²) in [7, 11) is 0. The number of nitrogens with zero attached hydrogens (tertiary/aromatic N) is 3. The van der Waals surface area contributed by atoms with E-state index < -0.39 is 0 Å². The molecule has 0 saturated heterocycles. The summed E-state index contributed by atoms with van der Waals surface area (Å²) in [5.74, 6) is 0.158. The highest BCUT2D eigenvalue weighted by atomic mass is 32.2. The molecule has 0 unspecified atom stereocenters. The van der Waals surface area contributed by atoms with E-state index >= 15 is 0 Å². The Morgan fingerprint density at radius 3 is 2.67 bits per heavy atom. The maximum atomic E-state index is 13.3. The molecule has 0 fully saturated rings. The molecular weight excluding hydrogens is 403 g/mol. The summed E-state index contributed by atoms with van der Waals surface area (Å²) in [6.07, 6.45) is 1.51. The van der Waals surface area contributed by atoms with Crippen molar-refractivity contribution >= 4 is 23.9 Å². The average Bonchev–Trinajstić information content (AvgIpc) is 2.71. The average molecular weight is 425 g/mol. The largest absolute Gasteiger partial charge is 0.488 e. The van der Waals surface area contributed by atoms with Crippen LogP contribution in [0.1, 0.15) is 22.5 Å². The number of thioether (sulfide) groups is 1. The van der Waals surface area contributed by atoms with Crippen molar-refractivity contribution in [2.75, 3.05) is 5.75 Å². The van der Waals surface area contributed by atoms with Gasteiger partial charge in [-0.3, -0.25) is 4.79 Å². The van der Waals surface area contributed by atoms with Crippen molar-refractivity contribution in [3.63, 3.8) is 0 Å². The second kappa shape index (κ2) is 10.5. The monoisotopic (exact) mass is 424 g/mol. The Kier molecular flexibility index (Phi) is 7.51. The zero-order valence-electron chi connectivity index (χ0n) is 16.6. The Balaban J connectivity index is 1.53. The van der Waals surface area contributed by atoms with E-state index in [1.165, 1.54) is 30.1 Å². The summed E-state index contributed by atoms with van der Waals surface area (Å²) in [6, 6.07) is 15.4. The number of rotatable bonds is 8. The van der Waals surface area contributed by atoms with Crippen LogP contribution < -0.4 is 10.2 Å². The second-order valence-electron chi connectivity index (χ2n) is 6.47. The predicted octanol–water partition coefficient (Wildman–Crippen LogP) is 4.05. The SMILES string of the molecule is Cc1cc(C)nc(SCC(=O)N/N=C\c2ccccc2OCc2cccc(F)c2)n1. The Bertz CT molecular complexity index is 1040. The Hall–Kier alpha value is -3.26. The summed E-state index contributed by atoms with van der Waals surface area (Å²) >= 11 is 1.25. The fraction of sp³-hybridized carbons (Fsp3) is 0.182. The molecule has 2 aromatic carbocycles. The number of ether oxygens (including phenoxy) is 1. The number of para-hydroxylation sites is 1. The number of hydrogen-bond donors (Lipinski definition) is 1. The molecule has 0 aliphatic heterocycles. The Morgan fingerprint density at radius 1 is 1.13 bits per heavy atom. The maximum absolute atomic E-state index is 13.3. The van der Waals surface area contributed by atoms with Gasteiger partial charge in [0.25, 0.3) is 5.91 Å². The molecule has 0 radical (unpaired) electrons. The van der Waals surface area contributed by atoms with Crippen molar-refractivity contribution < 1.29 is 13.9 Å². The molecule has 0 bridgehead atoms. The molecule has 0 atom stereocenters. The third kappa shape index (κ3) is 6.66. The van der Waals surface area contributed by atoms with Crippen LogP contribution in [-0.2, 0) is 11.4 Å². The first kappa shape index (κ1) is 21.4. The molecule has 3 aromatic rings. The van der Waals surface area contributed by atoms with E-state index in [4.69, 9.17) is 4.74 Å². The van der Waals surface area contributed by atoms with Crippen molar-refractivity contribution in [1.82, 2.24) is 15.4 Å². The van der Waals surface area contributed by atoms with E-state index in [1.807, 2.05) is 38.1 Å². The van der Waals surface area contributed by atoms with Gasteiger partial charge in [-0.15, -0.1) is 0 Å². The van der Waals surface area contributed by atoms with Crippen LogP contribution in [0.4, 0.5) is 4.39 Å². The first-order valence-electron chi connectivity index (χ1n) is 9.23. The van der Waals surface area contributed by atoms with Crippen LogP contribution in [0, 0.1) is 19.7 Å². The molecule has 0 aliphatic rings. The van der Waals surface area contributed by atoms with Gasteiger partial charge >= 0.3 is 0 Å². The predicted molar refractivity (Wildman–Crippen MR) is 115 cm³/mol. The first-order valence-corrected chi connectivity index (χ1v) is 10.2. The standard InChI is InChI=1S/C22H21FN4O2S/c1-15-10-16(2)26-22(25-15)30-14-21(28)27-24-12-18-7-3-4-9-20(18)29-13-17-6-5-8-19(23)11-17/h3-12H,13-14H2,1-2H3,(H,27,28)/b24-12-. The first-order chi connectivity index (χ1) is 14.5. The van der Waals surface area contributed by atoms with Gasteiger partial charge in [-0.2, -0.15) is 5.10 Å². The third-order valence-corrected chi connectivity index (χ3v) is 4.74. The van der Waals surface area contributed by atoms with Crippen LogP contribution >= 0.6 is 11.8 Å². The van der Waals surface area contributed by atoms with E-state index in [1.54, 1.807) is 18.2 Å². The smallest absolute Gasteiger partial charge is 0.250 e. The van der Waals surface area contributed by atoms with Crippen LogP contribution in [-0.4, -0.2) is 27.8 Å². The highest BCUT2D eigenvalue weighted by molar-refractivity contribution is 7.99. The van der Waals surface area contributed by atoms with Gasteiger partial charge in [0.2, 0.25) is 0 Å². The maximum Gasteiger partial charge on any atom is 0.250 e. The molecule has 0 saturated carbocycles. The summed E-state index contributed by atoms with van der Waals surface area (Å²) in [6.45, 7) is 4.00. The molecule has 1 amide bonds. The lowest BCUT2D eigenvalue weighted by molar-refractivity contribution is -0.118. The minimum Gasteiger partial charge on any atom is -0.488 e. The van der Waals surface area contributed by atoms with Crippen molar-refractivity contribution in [2.45, 2.75) is 25.6 Å². The van der Waals surface area contributed by atoms with Crippen LogP contribution in [0.2, 0.25) is 0 Å². The zero-order chi connectivity index (χ0) is 21.3. The fourth-order valence-corrected chi connectivity index (χ4v) is 3.34. The highest BCUT2D eigenvalue weighted by Crippen LogP contribution is 2.18. The van der Waals surface area contributed by atoms with Crippen molar-refractivity contribution in [3.05, 3.63) is 82.9 Å². The van der Waals surface area contributed by atoms with Crippen molar-refractivity contribution in [2.24, 2.45) is 5.10 Å². The van der Waals surface area contributed by atoms with Gasteiger partial charge in [-0.25, -0.2) is 19.8 Å². The lowest BCUT2D eigenvalue weighted by atomic mass is 10.2. The van der Waals surface area contributed by atoms with E-state index in [0.717, 1.165) is 17.0 Å². The molecule has 1 N–H and O–H groups in total. The number of halogens is 1. The quantitative estimate of drug-likeness (QED) is 0.255. The van der Waals surface area contributed by atoms with Crippen LogP contribution in [0.15, 0.2) is 64.9 Å². The molecule has 1 heterocycles. The number of carbonyl (C=O) groups is 1. The summed E-state index contributed by atoms with van der Waals surface area (Å²) < 4.78 is 19.1. The number of aryl methyl sites for hydroxylation is 2. The highest BCUT2D eigenvalue weighted by Gasteiger charge is 2.06. The van der Waals surface area contributed by atoms with Gasteiger partial charge in [0.05, 0.1) is 12.0 Å². The summed E-state index contributed by atoms with van der Waals surface area (Å²) in [5.41, 5.74) is 5.62. The summed E-state index contributed by atoms with van der Waals surface area (Å²) in [4.78, 5) is 20.6. The molecular formula is C22H21FN4O2S. The topological polar surface area (TPSA) is 76.5 Å². The van der Waals surface area contributed by atoms with Crippen molar-refractivity contribution in [1.29, 1.82) is 0 Å². The number of amides is 1. The number of hydrazone groups is 1. The Morgan fingerprint density at radius 2 is 1.90 bits per heavy atom. The van der Waals surface area contributed by atoms with E-state index in [0.29, 0.717) is 16.5 Å². The second-order valence-corrected chi connectivity index (χ2v) is 7.41. The summed E-state index contributed by atoms with van der Waals surface area (Å²) in [5, 5.41) is 4.56. The van der Waals surface area contributed by atoms with Gasteiger partial charge in [-0.1, -0.05) is 36.0 Å². The number of aromatic nitrogens is 2. The minimum absolute atomic E-state index is 0.151. The minimum atomic E-state index is -0.308. The molecule has 3 rings (SSSR count). The molecule has 8 heteroatoms. The van der Waals surface area contributed by atoms with Crippen LogP contribution in [0.5, 0.6) is 5.75 Å². The Labute approximate surface area is 178 Å². The molecule has 0 aliphatic carbocycles. The third-order valence-electron chi connectivity index (χ3n) is 3.89. The molecule has 1 aromatic heterocycles. The fourth-order valence-electron chi connectivity index (χ4n) is 2.60. The van der Waals surface area contributed by atoms with Crippen LogP contribution in [0.3, 0.4) is 0 Å². The number of hydrogen-bond acceptors (Lipinski definition) is 6. The lowest BCUT2D eigenvalue weighted by Gasteiger charge is -2.09. The molecule has 30 heavy (non-hydrogen) atoms. The normalized spacial score (nSPS) is 10.9. The van der Waals surface area contributed by atoms with E-state index in [-0.39, 0.29) is 24.1 Å². The number of nitrogens with one attached hydrogen (secondary N) is 1. The van der Waals surface area contributed by atoms with Crippen LogP contribution in [0.25, 0.3) is 0 Å². The molecule has 6 nitrogen and oxygen atoms in total. The number of benzene rings is 2. The van der Waals surface area contributed by atoms with Gasteiger partial charge in [0, 0.05) is 17.0 Å². The number of carbonyl (C=O) groups excluding carboxylic acids is 1.